The number of carbonyl (C=O) groups is 1. The average Bonchev–Trinajstić information content (AvgIpc) is 2.39. The molecule has 0 bridgehead atoms. The monoisotopic (exact) mass is 249 g/mol. The van der Waals surface area contributed by atoms with Crippen LogP contribution < -0.4 is 10.2 Å². The topological polar surface area (TPSA) is 33.5 Å². The van der Waals surface area contributed by atoms with Crippen LogP contribution >= 0.6 is 0 Å². The highest BCUT2D eigenvalue weighted by atomic mass is 16.1. The molecule has 0 heterocycles. The Morgan fingerprint density at radius 3 is 2.50 bits per heavy atom. The highest BCUT2D eigenvalue weighted by Crippen LogP contribution is 2.06. The van der Waals surface area contributed by atoms with Gasteiger partial charge in [0.2, 0.25) is 0 Å². The van der Waals surface area contributed by atoms with Gasteiger partial charge in [-0.15, -0.1) is 0 Å². The Kier molecular flexibility index (Phi) is 6.44. The van der Waals surface area contributed by atoms with Crippen molar-refractivity contribution < 1.29 is 9.69 Å². The fraction of sp³-hybridized carbons (Fsp3) is 0.533. The molecule has 0 saturated carbocycles. The van der Waals surface area contributed by atoms with E-state index >= 15 is 0 Å². The molecule has 1 amide bonds. The number of quaternary nitrogens is 1. The SMILES string of the molecule is CC[NH+](CC)CCCNC(=O)c1ccccc1C. The van der Waals surface area contributed by atoms with E-state index in [-0.39, 0.29) is 5.91 Å². The first-order chi connectivity index (χ1) is 8.69. The van der Waals surface area contributed by atoms with Crippen molar-refractivity contribution in [3.05, 3.63) is 35.4 Å². The molecule has 0 aliphatic carbocycles. The Hall–Kier alpha value is -1.35. The van der Waals surface area contributed by atoms with E-state index in [1.54, 1.807) is 4.90 Å². The van der Waals surface area contributed by atoms with Crippen molar-refractivity contribution in [3.8, 4) is 0 Å². The number of hydrogen-bond acceptors (Lipinski definition) is 1. The normalized spacial score (nSPS) is 10.7. The first-order valence-corrected chi connectivity index (χ1v) is 6.86. The Balaban J connectivity index is 2.32. The van der Waals surface area contributed by atoms with Gasteiger partial charge < -0.3 is 10.2 Å². The van der Waals surface area contributed by atoms with Crippen molar-refractivity contribution >= 4 is 5.91 Å². The molecule has 0 aromatic heterocycles. The van der Waals surface area contributed by atoms with Gasteiger partial charge in [-0.2, -0.15) is 0 Å². The molecule has 1 aromatic carbocycles. The van der Waals surface area contributed by atoms with E-state index in [0.29, 0.717) is 0 Å². The summed E-state index contributed by atoms with van der Waals surface area (Å²) in [6.45, 7) is 10.6. The molecule has 3 heteroatoms. The smallest absolute Gasteiger partial charge is 0.251 e. The van der Waals surface area contributed by atoms with Gasteiger partial charge in [-0.25, -0.2) is 0 Å². The van der Waals surface area contributed by atoms with E-state index in [1.807, 2.05) is 31.2 Å². The fourth-order valence-electron chi connectivity index (χ4n) is 2.07. The van der Waals surface area contributed by atoms with Crippen molar-refractivity contribution in [1.29, 1.82) is 0 Å². The van der Waals surface area contributed by atoms with Gasteiger partial charge in [-0.05, 0) is 32.4 Å². The molecular formula is C15H25N2O+. The Morgan fingerprint density at radius 1 is 1.22 bits per heavy atom. The summed E-state index contributed by atoms with van der Waals surface area (Å²) in [5.74, 6) is 0.0441. The van der Waals surface area contributed by atoms with Crippen molar-refractivity contribution in [1.82, 2.24) is 5.32 Å². The van der Waals surface area contributed by atoms with E-state index < -0.39 is 0 Å². The highest BCUT2D eigenvalue weighted by Gasteiger charge is 2.07. The number of nitrogens with one attached hydrogen (secondary N) is 2. The van der Waals surface area contributed by atoms with Gasteiger partial charge in [0.15, 0.2) is 0 Å². The summed E-state index contributed by atoms with van der Waals surface area (Å²) in [5.41, 5.74) is 1.82. The minimum Gasteiger partial charge on any atom is -0.352 e. The van der Waals surface area contributed by atoms with Crippen LogP contribution in [0.2, 0.25) is 0 Å². The number of carbonyl (C=O) groups excluding carboxylic acids is 1. The third-order valence-electron chi connectivity index (χ3n) is 3.38. The van der Waals surface area contributed by atoms with Crippen LogP contribution in [-0.2, 0) is 0 Å². The minimum atomic E-state index is 0.0441. The summed E-state index contributed by atoms with van der Waals surface area (Å²) >= 11 is 0. The Morgan fingerprint density at radius 2 is 1.89 bits per heavy atom. The van der Waals surface area contributed by atoms with Crippen LogP contribution in [0.3, 0.4) is 0 Å². The maximum atomic E-state index is 11.9. The van der Waals surface area contributed by atoms with Crippen LogP contribution in [0.4, 0.5) is 0 Å². The number of amides is 1. The van der Waals surface area contributed by atoms with Crippen molar-refractivity contribution in [3.63, 3.8) is 0 Å². The van der Waals surface area contributed by atoms with Crippen LogP contribution in [0.5, 0.6) is 0 Å². The predicted molar refractivity (Wildman–Crippen MR) is 75.0 cm³/mol. The summed E-state index contributed by atoms with van der Waals surface area (Å²) in [5, 5.41) is 2.99. The molecule has 0 aliphatic heterocycles. The maximum absolute atomic E-state index is 11.9. The lowest BCUT2D eigenvalue weighted by Gasteiger charge is -2.15. The fourth-order valence-corrected chi connectivity index (χ4v) is 2.07. The van der Waals surface area contributed by atoms with E-state index in [1.165, 1.54) is 0 Å². The third kappa shape index (κ3) is 4.49. The molecule has 1 rings (SSSR count). The second kappa shape index (κ2) is 7.88. The van der Waals surface area contributed by atoms with Crippen LogP contribution in [-0.4, -0.2) is 32.1 Å². The van der Waals surface area contributed by atoms with E-state index in [9.17, 15) is 4.79 Å². The first kappa shape index (κ1) is 14.7. The molecule has 0 radical (unpaired) electrons. The standard InChI is InChI=1S/C15H24N2O/c1-4-17(5-2)12-8-11-16-15(18)14-10-7-6-9-13(14)3/h6-7,9-10H,4-5,8,11-12H2,1-3H3,(H,16,18)/p+1. The van der Waals surface area contributed by atoms with Gasteiger partial charge >= 0.3 is 0 Å². The van der Waals surface area contributed by atoms with Crippen LogP contribution in [0.1, 0.15) is 36.2 Å². The Bertz CT molecular complexity index is 373. The zero-order chi connectivity index (χ0) is 13.4. The van der Waals surface area contributed by atoms with Gasteiger partial charge in [0.1, 0.15) is 0 Å². The predicted octanol–water partition coefficient (Wildman–Crippen LogP) is 1.04. The van der Waals surface area contributed by atoms with E-state index in [2.05, 4.69) is 19.2 Å². The van der Waals surface area contributed by atoms with Crippen LogP contribution in [0.15, 0.2) is 24.3 Å². The molecule has 2 N–H and O–H groups in total. The van der Waals surface area contributed by atoms with Crippen molar-refractivity contribution in [2.24, 2.45) is 0 Å². The van der Waals surface area contributed by atoms with Gasteiger partial charge in [0.25, 0.3) is 5.91 Å². The number of benzene rings is 1. The van der Waals surface area contributed by atoms with E-state index in [4.69, 9.17) is 0 Å². The zero-order valence-electron chi connectivity index (χ0n) is 11.8. The molecule has 18 heavy (non-hydrogen) atoms. The lowest BCUT2D eigenvalue weighted by atomic mass is 10.1. The average molecular weight is 249 g/mol. The molecule has 0 unspecified atom stereocenters. The second-order valence-electron chi connectivity index (χ2n) is 4.63. The first-order valence-electron chi connectivity index (χ1n) is 6.86. The molecule has 100 valence electrons. The summed E-state index contributed by atoms with van der Waals surface area (Å²) < 4.78 is 0. The molecule has 3 nitrogen and oxygen atoms in total. The van der Waals surface area contributed by atoms with Gasteiger partial charge in [-0.1, -0.05) is 18.2 Å². The summed E-state index contributed by atoms with van der Waals surface area (Å²) in [6, 6.07) is 7.70. The summed E-state index contributed by atoms with van der Waals surface area (Å²) in [7, 11) is 0. The molecule has 0 aliphatic rings. The lowest BCUT2D eigenvalue weighted by Crippen LogP contribution is -3.11. The molecule has 0 saturated heterocycles. The minimum absolute atomic E-state index is 0.0441. The van der Waals surface area contributed by atoms with Gasteiger partial charge in [-0.3, -0.25) is 4.79 Å². The maximum Gasteiger partial charge on any atom is 0.251 e. The molecular weight excluding hydrogens is 224 g/mol. The van der Waals surface area contributed by atoms with Crippen LogP contribution in [0, 0.1) is 6.92 Å². The largest absolute Gasteiger partial charge is 0.352 e. The number of rotatable bonds is 7. The highest BCUT2D eigenvalue weighted by molar-refractivity contribution is 5.95. The second-order valence-corrected chi connectivity index (χ2v) is 4.63. The molecule has 0 fully saturated rings. The van der Waals surface area contributed by atoms with Crippen molar-refractivity contribution in [2.45, 2.75) is 27.2 Å². The molecule has 1 aromatic rings. The zero-order valence-corrected chi connectivity index (χ0v) is 11.8. The number of aryl methyl sites for hydroxylation is 1. The van der Waals surface area contributed by atoms with Gasteiger partial charge in [0, 0.05) is 18.5 Å². The van der Waals surface area contributed by atoms with E-state index in [0.717, 1.165) is 43.7 Å². The van der Waals surface area contributed by atoms with Crippen molar-refractivity contribution in [2.75, 3.05) is 26.2 Å². The molecule has 0 spiro atoms. The summed E-state index contributed by atoms with van der Waals surface area (Å²) in [4.78, 5) is 13.5. The third-order valence-corrected chi connectivity index (χ3v) is 3.38. The molecule has 0 atom stereocenters. The van der Waals surface area contributed by atoms with Crippen LogP contribution in [0.25, 0.3) is 0 Å². The quantitative estimate of drug-likeness (QED) is 0.696. The van der Waals surface area contributed by atoms with Gasteiger partial charge in [0.05, 0.1) is 19.6 Å². The lowest BCUT2D eigenvalue weighted by molar-refractivity contribution is -0.896. The number of hydrogen-bond donors (Lipinski definition) is 2. The Labute approximate surface area is 110 Å². The summed E-state index contributed by atoms with van der Waals surface area (Å²) in [6.07, 6.45) is 1.04.